The van der Waals surface area contributed by atoms with Crippen LogP contribution in [0.1, 0.15) is 27.0 Å². The van der Waals surface area contributed by atoms with E-state index in [1.807, 2.05) is 73.7 Å². The second kappa shape index (κ2) is 11.9. The van der Waals surface area contributed by atoms with Crippen molar-refractivity contribution in [2.24, 2.45) is 0 Å². The van der Waals surface area contributed by atoms with Gasteiger partial charge in [0.05, 0.1) is 0 Å². The van der Waals surface area contributed by atoms with Gasteiger partial charge in [-0.2, -0.15) is 0 Å². The van der Waals surface area contributed by atoms with Crippen LogP contribution in [0.5, 0.6) is 0 Å². The molecule has 0 aromatic heterocycles. The van der Waals surface area contributed by atoms with Gasteiger partial charge in [-0.25, -0.2) is 9.59 Å². The Hall–Kier alpha value is -3.82. The molecule has 3 rings (SSSR count). The zero-order valence-corrected chi connectivity index (χ0v) is 19.8. The second-order valence-corrected chi connectivity index (χ2v) is 9.49. The molecule has 3 aromatic carbocycles. The van der Waals surface area contributed by atoms with Crippen LogP contribution in [-0.4, -0.2) is 17.5 Å². The van der Waals surface area contributed by atoms with Crippen molar-refractivity contribution in [3.8, 4) is 0 Å². The SMILES string of the molecule is C=CC(=O)OCc1cc(C)c(C(=O)P(c2ccccc2)c2ccccc2)c(COC(=O)C=C)c1. The van der Waals surface area contributed by atoms with Crippen LogP contribution in [0.25, 0.3) is 0 Å². The highest BCUT2D eigenvalue weighted by Crippen LogP contribution is 2.40. The quantitative estimate of drug-likeness (QED) is 0.243. The number of carbonyl (C=O) groups excluding carboxylic acids is 3. The molecule has 0 aliphatic rings. The van der Waals surface area contributed by atoms with Gasteiger partial charge in [-0.3, -0.25) is 4.79 Å². The molecule has 0 amide bonds. The molecule has 0 fully saturated rings. The second-order valence-electron chi connectivity index (χ2n) is 7.38. The highest BCUT2D eigenvalue weighted by Gasteiger charge is 2.27. The van der Waals surface area contributed by atoms with E-state index in [4.69, 9.17) is 9.47 Å². The molecule has 0 N–H and O–H groups in total. The topological polar surface area (TPSA) is 69.7 Å². The lowest BCUT2D eigenvalue weighted by atomic mass is 9.99. The van der Waals surface area contributed by atoms with Crippen molar-refractivity contribution in [3.05, 3.63) is 120 Å². The summed E-state index contributed by atoms with van der Waals surface area (Å²) in [6.45, 7) is 8.55. The van der Waals surface area contributed by atoms with E-state index in [0.29, 0.717) is 22.3 Å². The zero-order chi connectivity index (χ0) is 24.5. The number of esters is 2. The van der Waals surface area contributed by atoms with E-state index in [1.54, 1.807) is 6.07 Å². The fourth-order valence-electron chi connectivity index (χ4n) is 3.52. The molecule has 172 valence electrons. The highest BCUT2D eigenvalue weighted by atomic mass is 31.1. The Kier molecular flexibility index (Phi) is 8.66. The average molecular weight is 472 g/mol. The lowest BCUT2D eigenvalue weighted by Gasteiger charge is -2.21. The zero-order valence-electron chi connectivity index (χ0n) is 18.9. The first kappa shape index (κ1) is 24.8. The van der Waals surface area contributed by atoms with E-state index in [0.717, 1.165) is 22.8 Å². The summed E-state index contributed by atoms with van der Waals surface area (Å²) in [5, 5.41) is 1.84. The summed E-state index contributed by atoms with van der Waals surface area (Å²) in [5.41, 5.74) is 2.38. The molecule has 3 aromatic rings. The van der Waals surface area contributed by atoms with E-state index in [-0.39, 0.29) is 18.7 Å². The van der Waals surface area contributed by atoms with Crippen LogP contribution < -0.4 is 10.6 Å². The van der Waals surface area contributed by atoms with Gasteiger partial charge in [-0.05, 0) is 34.7 Å². The third-order valence-corrected chi connectivity index (χ3v) is 7.27. The van der Waals surface area contributed by atoms with Gasteiger partial charge in [0.2, 0.25) is 0 Å². The summed E-state index contributed by atoms with van der Waals surface area (Å²) in [7, 11) is -1.38. The molecule has 6 heteroatoms. The Bertz CT molecular complexity index is 1160. The lowest BCUT2D eigenvalue weighted by Crippen LogP contribution is -2.20. The summed E-state index contributed by atoms with van der Waals surface area (Å²) in [4.78, 5) is 37.4. The predicted molar refractivity (Wildman–Crippen MR) is 135 cm³/mol. The number of ether oxygens (including phenoxy) is 2. The first-order valence-electron chi connectivity index (χ1n) is 10.6. The molecule has 0 saturated heterocycles. The van der Waals surface area contributed by atoms with E-state index in [1.165, 1.54) is 0 Å². The molecule has 0 saturated carbocycles. The largest absolute Gasteiger partial charge is 0.458 e. The third kappa shape index (κ3) is 6.15. The van der Waals surface area contributed by atoms with Crippen LogP contribution >= 0.6 is 7.92 Å². The normalized spacial score (nSPS) is 10.4. The minimum atomic E-state index is -1.38. The Morgan fingerprint density at radius 1 is 0.794 bits per heavy atom. The van der Waals surface area contributed by atoms with Crippen LogP contribution in [0, 0.1) is 6.92 Å². The van der Waals surface area contributed by atoms with Crippen molar-refractivity contribution in [2.45, 2.75) is 20.1 Å². The van der Waals surface area contributed by atoms with Gasteiger partial charge in [0, 0.05) is 31.2 Å². The molecule has 0 aliphatic carbocycles. The summed E-state index contributed by atoms with van der Waals surface area (Å²) < 4.78 is 10.4. The van der Waals surface area contributed by atoms with Gasteiger partial charge in [0.15, 0.2) is 5.52 Å². The van der Waals surface area contributed by atoms with Crippen LogP contribution in [0.3, 0.4) is 0 Å². The van der Waals surface area contributed by atoms with Gasteiger partial charge in [-0.1, -0.05) is 79.9 Å². The maximum atomic E-state index is 14.1. The van der Waals surface area contributed by atoms with E-state index < -0.39 is 19.9 Å². The summed E-state index contributed by atoms with van der Waals surface area (Å²) >= 11 is 0. The van der Waals surface area contributed by atoms with Crippen molar-refractivity contribution in [2.75, 3.05) is 0 Å². The van der Waals surface area contributed by atoms with E-state index in [2.05, 4.69) is 13.2 Å². The summed E-state index contributed by atoms with van der Waals surface area (Å²) in [6, 6.07) is 22.8. The van der Waals surface area contributed by atoms with Gasteiger partial charge in [-0.15, -0.1) is 0 Å². The minimum Gasteiger partial charge on any atom is -0.458 e. The fourth-order valence-corrected chi connectivity index (χ4v) is 5.77. The molecule has 0 radical (unpaired) electrons. The number of hydrogen-bond donors (Lipinski definition) is 0. The molecule has 0 heterocycles. The van der Waals surface area contributed by atoms with Crippen LogP contribution in [0.15, 0.2) is 98.1 Å². The smallest absolute Gasteiger partial charge is 0.330 e. The molecule has 0 spiro atoms. The Balaban J connectivity index is 2.09. The van der Waals surface area contributed by atoms with Crippen LogP contribution in [0.2, 0.25) is 0 Å². The Morgan fingerprint density at radius 2 is 1.29 bits per heavy atom. The Labute approximate surface area is 200 Å². The third-order valence-electron chi connectivity index (χ3n) is 5.01. The highest BCUT2D eigenvalue weighted by molar-refractivity contribution is 7.88. The van der Waals surface area contributed by atoms with Crippen molar-refractivity contribution in [3.63, 3.8) is 0 Å². The van der Waals surface area contributed by atoms with E-state index >= 15 is 0 Å². The molecule has 0 unspecified atom stereocenters. The minimum absolute atomic E-state index is 0.00863. The average Bonchev–Trinajstić information content (AvgIpc) is 2.86. The molecule has 0 atom stereocenters. The van der Waals surface area contributed by atoms with Gasteiger partial charge in [0.1, 0.15) is 13.2 Å². The van der Waals surface area contributed by atoms with E-state index in [9.17, 15) is 14.4 Å². The van der Waals surface area contributed by atoms with Crippen LogP contribution in [-0.2, 0) is 32.3 Å². The van der Waals surface area contributed by atoms with Gasteiger partial charge in [0.25, 0.3) is 0 Å². The molecular formula is C28H25O5P. The van der Waals surface area contributed by atoms with Crippen molar-refractivity contribution in [1.29, 1.82) is 0 Å². The summed E-state index contributed by atoms with van der Waals surface area (Å²) in [6.07, 6.45) is 2.16. The summed E-state index contributed by atoms with van der Waals surface area (Å²) in [5.74, 6) is -1.14. The maximum Gasteiger partial charge on any atom is 0.330 e. The van der Waals surface area contributed by atoms with Crippen molar-refractivity contribution in [1.82, 2.24) is 0 Å². The first-order valence-corrected chi connectivity index (χ1v) is 11.9. The van der Waals surface area contributed by atoms with Crippen LogP contribution in [0.4, 0.5) is 0 Å². The van der Waals surface area contributed by atoms with Crippen molar-refractivity contribution >= 4 is 36.0 Å². The molecule has 0 bridgehead atoms. The number of rotatable bonds is 10. The number of carbonyl (C=O) groups is 3. The van der Waals surface area contributed by atoms with Gasteiger partial charge < -0.3 is 9.47 Å². The predicted octanol–water partition coefficient (Wildman–Crippen LogP) is 4.73. The number of benzene rings is 3. The lowest BCUT2D eigenvalue weighted by molar-refractivity contribution is -0.139. The standard InChI is InChI=1S/C28H25O5P/c1-4-25(29)32-18-21-16-20(3)27(22(17-21)19-33-26(30)5-2)28(31)34(23-12-8-6-9-13-23)24-14-10-7-11-15-24/h4-17H,1-2,18-19H2,3H3. The van der Waals surface area contributed by atoms with Gasteiger partial charge >= 0.3 is 11.9 Å². The molecule has 34 heavy (non-hydrogen) atoms. The maximum absolute atomic E-state index is 14.1. The molecule has 0 aliphatic heterocycles. The number of aryl methyl sites for hydroxylation is 1. The Morgan fingerprint density at radius 3 is 1.79 bits per heavy atom. The monoisotopic (exact) mass is 472 g/mol. The molecular weight excluding hydrogens is 447 g/mol. The number of hydrogen-bond acceptors (Lipinski definition) is 5. The first-order chi connectivity index (χ1) is 16.4. The van der Waals surface area contributed by atoms with Crippen molar-refractivity contribution < 1.29 is 23.9 Å². The fraction of sp³-hybridized carbons (Fsp3) is 0.107. The molecule has 5 nitrogen and oxygen atoms in total.